The third-order valence-corrected chi connectivity index (χ3v) is 4.76. The van der Waals surface area contributed by atoms with Gasteiger partial charge in [-0.2, -0.15) is 0 Å². The van der Waals surface area contributed by atoms with Gasteiger partial charge in [0.15, 0.2) is 5.13 Å². The molecule has 0 saturated heterocycles. The largest absolute Gasteiger partial charge is 0.464 e. The van der Waals surface area contributed by atoms with Gasteiger partial charge in [0.1, 0.15) is 6.04 Å². The zero-order chi connectivity index (χ0) is 18.2. The predicted molar refractivity (Wildman–Crippen MR) is 96.7 cm³/mol. The lowest BCUT2D eigenvalue weighted by Crippen LogP contribution is -2.40. The molecule has 0 spiro atoms. The highest BCUT2D eigenvalue weighted by Crippen LogP contribution is 2.17. The number of anilines is 1. The van der Waals surface area contributed by atoms with Crippen LogP contribution in [0.4, 0.5) is 5.13 Å². The number of hydrogen-bond acceptors (Lipinski definition) is 7. The van der Waals surface area contributed by atoms with E-state index in [-0.39, 0.29) is 24.8 Å². The minimum absolute atomic E-state index is 0.0288. The second-order valence-corrected chi connectivity index (χ2v) is 7.06. The van der Waals surface area contributed by atoms with Gasteiger partial charge in [-0.1, -0.05) is 6.07 Å². The highest BCUT2D eigenvalue weighted by molar-refractivity contribution is 7.14. The molecule has 2 heterocycles. The number of ether oxygens (including phenoxy) is 1. The van der Waals surface area contributed by atoms with Crippen LogP contribution in [0.3, 0.4) is 0 Å². The SMILES string of the molecule is CCOC(=O)C(C)NC(=O)Cc1csc(NC(=O)Cc2cccs2)n1. The van der Waals surface area contributed by atoms with Gasteiger partial charge in [0.25, 0.3) is 0 Å². The van der Waals surface area contributed by atoms with E-state index in [1.807, 2.05) is 17.5 Å². The maximum absolute atomic E-state index is 11.9. The Morgan fingerprint density at radius 1 is 1.24 bits per heavy atom. The normalized spacial score (nSPS) is 11.6. The first-order valence-corrected chi connectivity index (χ1v) is 9.46. The van der Waals surface area contributed by atoms with Crippen molar-refractivity contribution in [2.24, 2.45) is 0 Å². The Morgan fingerprint density at radius 2 is 2.04 bits per heavy atom. The number of aromatic nitrogens is 1. The first-order valence-electron chi connectivity index (χ1n) is 7.70. The number of carbonyl (C=O) groups excluding carboxylic acids is 3. The van der Waals surface area contributed by atoms with Crippen LogP contribution in [0.5, 0.6) is 0 Å². The molecule has 1 atom stereocenters. The van der Waals surface area contributed by atoms with Gasteiger partial charge >= 0.3 is 5.97 Å². The highest BCUT2D eigenvalue weighted by Gasteiger charge is 2.17. The monoisotopic (exact) mass is 381 g/mol. The second kappa shape index (κ2) is 9.28. The summed E-state index contributed by atoms with van der Waals surface area (Å²) < 4.78 is 4.83. The third-order valence-electron chi connectivity index (χ3n) is 3.07. The molecule has 0 aliphatic rings. The van der Waals surface area contributed by atoms with Crippen LogP contribution < -0.4 is 10.6 Å². The maximum atomic E-state index is 11.9. The highest BCUT2D eigenvalue weighted by atomic mass is 32.1. The lowest BCUT2D eigenvalue weighted by atomic mass is 10.3. The minimum Gasteiger partial charge on any atom is -0.464 e. The van der Waals surface area contributed by atoms with Crippen molar-refractivity contribution < 1.29 is 19.1 Å². The summed E-state index contributed by atoms with van der Waals surface area (Å²) in [6.45, 7) is 3.53. The molecule has 2 rings (SSSR count). The summed E-state index contributed by atoms with van der Waals surface area (Å²) in [5, 5.41) is 9.34. The van der Waals surface area contributed by atoms with Gasteiger partial charge in [-0.25, -0.2) is 9.78 Å². The molecule has 0 aromatic carbocycles. The topological polar surface area (TPSA) is 97.4 Å². The van der Waals surface area contributed by atoms with Crippen LogP contribution >= 0.6 is 22.7 Å². The molecule has 9 heteroatoms. The van der Waals surface area contributed by atoms with Crippen LogP contribution in [0, 0.1) is 0 Å². The molecule has 0 fully saturated rings. The standard InChI is InChI=1S/C16H19N3O4S2/c1-3-23-15(22)10(2)17-13(20)7-11-9-25-16(18-11)19-14(21)8-12-5-4-6-24-12/h4-6,9-10H,3,7-8H2,1-2H3,(H,17,20)(H,18,19,21). The maximum Gasteiger partial charge on any atom is 0.328 e. The lowest BCUT2D eigenvalue weighted by Gasteiger charge is -2.11. The number of carbonyl (C=O) groups is 3. The number of rotatable bonds is 8. The molecule has 134 valence electrons. The van der Waals surface area contributed by atoms with Gasteiger partial charge in [0, 0.05) is 10.3 Å². The van der Waals surface area contributed by atoms with Gasteiger partial charge in [-0.15, -0.1) is 22.7 Å². The molecule has 2 aromatic rings. The average molecular weight is 381 g/mol. The Hall–Kier alpha value is -2.26. The number of thiazole rings is 1. The van der Waals surface area contributed by atoms with Crippen LogP contribution in [0.25, 0.3) is 0 Å². The van der Waals surface area contributed by atoms with Crippen molar-refractivity contribution in [3.05, 3.63) is 33.5 Å². The van der Waals surface area contributed by atoms with Crippen LogP contribution in [-0.2, 0) is 32.0 Å². The fraction of sp³-hybridized carbons (Fsp3) is 0.375. The van der Waals surface area contributed by atoms with Crippen molar-refractivity contribution in [2.45, 2.75) is 32.7 Å². The van der Waals surface area contributed by atoms with Crippen LogP contribution in [-0.4, -0.2) is 35.4 Å². The summed E-state index contributed by atoms with van der Waals surface area (Å²) >= 11 is 2.77. The number of hydrogen-bond donors (Lipinski definition) is 2. The molecule has 7 nitrogen and oxygen atoms in total. The van der Waals surface area contributed by atoms with Crippen molar-refractivity contribution in [1.82, 2.24) is 10.3 Å². The fourth-order valence-corrected chi connectivity index (χ4v) is 3.39. The van der Waals surface area contributed by atoms with E-state index >= 15 is 0 Å². The molecule has 0 saturated carbocycles. The lowest BCUT2D eigenvalue weighted by molar-refractivity contribution is -0.146. The Bertz CT molecular complexity index is 728. The number of esters is 1. The molecule has 25 heavy (non-hydrogen) atoms. The zero-order valence-corrected chi connectivity index (χ0v) is 15.5. The smallest absolute Gasteiger partial charge is 0.328 e. The molecule has 1 unspecified atom stereocenters. The van der Waals surface area contributed by atoms with Crippen molar-refractivity contribution >= 4 is 45.6 Å². The summed E-state index contributed by atoms with van der Waals surface area (Å²) in [6.07, 6.45) is 0.325. The van der Waals surface area contributed by atoms with Crippen LogP contribution in [0.1, 0.15) is 24.4 Å². The molecule has 0 radical (unpaired) electrons. The summed E-state index contributed by atoms with van der Waals surface area (Å²) in [7, 11) is 0. The van der Waals surface area contributed by atoms with Crippen molar-refractivity contribution in [1.29, 1.82) is 0 Å². The van der Waals surface area contributed by atoms with Gasteiger partial charge in [-0.05, 0) is 25.3 Å². The van der Waals surface area contributed by atoms with E-state index in [1.54, 1.807) is 19.2 Å². The van der Waals surface area contributed by atoms with Gasteiger partial charge in [0.2, 0.25) is 11.8 Å². The van der Waals surface area contributed by atoms with E-state index in [0.717, 1.165) is 4.88 Å². The van der Waals surface area contributed by atoms with Crippen LogP contribution in [0.2, 0.25) is 0 Å². The van der Waals surface area contributed by atoms with E-state index in [9.17, 15) is 14.4 Å². The van der Waals surface area contributed by atoms with Crippen molar-refractivity contribution in [2.75, 3.05) is 11.9 Å². The van der Waals surface area contributed by atoms with E-state index in [1.165, 1.54) is 22.7 Å². The molecule has 2 aromatic heterocycles. The fourth-order valence-electron chi connectivity index (χ4n) is 1.96. The van der Waals surface area contributed by atoms with E-state index < -0.39 is 12.0 Å². The van der Waals surface area contributed by atoms with Gasteiger partial charge in [0.05, 0.1) is 25.1 Å². The number of amides is 2. The summed E-state index contributed by atoms with van der Waals surface area (Å²) in [5.41, 5.74) is 0.532. The summed E-state index contributed by atoms with van der Waals surface area (Å²) in [4.78, 5) is 40.5. The Morgan fingerprint density at radius 3 is 2.72 bits per heavy atom. The Kier molecular flexibility index (Phi) is 7.08. The molecule has 2 amide bonds. The summed E-state index contributed by atoms with van der Waals surface area (Å²) in [6, 6.07) is 3.08. The van der Waals surface area contributed by atoms with Crippen molar-refractivity contribution in [3.63, 3.8) is 0 Å². The van der Waals surface area contributed by atoms with E-state index in [0.29, 0.717) is 17.2 Å². The van der Waals surface area contributed by atoms with Crippen molar-refractivity contribution in [3.8, 4) is 0 Å². The third kappa shape index (κ3) is 6.28. The average Bonchev–Trinajstić information content (AvgIpc) is 3.19. The zero-order valence-electron chi connectivity index (χ0n) is 13.9. The molecule has 0 aliphatic carbocycles. The predicted octanol–water partition coefficient (Wildman–Crippen LogP) is 2.00. The molecule has 0 aliphatic heterocycles. The Balaban J connectivity index is 1.81. The summed E-state index contributed by atoms with van der Waals surface area (Å²) in [5.74, 6) is -0.957. The van der Waals surface area contributed by atoms with E-state index in [2.05, 4.69) is 15.6 Å². The second-order valence-electron chi connectivity index (χ2n) is 5.17. The first-order chi connectivity index (χ1) is 12.0. The number of thiophene rings is 1. The minimum atomic E-state index is -0.712. The molecular weight excluding hydrogens is 362 g/mol. The molecular formula is C16H19N3O4S2. The van der Waals surface area contributed by atoms with Gasteiger partial charge < -0.3 is 15.4 Å². The van der Waals surface area contributed by atoms with E-state index in [4.69, 9.17) is 4.74 Å². The first kappa shape index (κ1) is 19.1. The molecule has 2 N–H and O–H groups in total. The number of nitrogens with zero attached hydrogens (tertiary/aromatic N) is 1. The van der Waals surface area contributed by atoms with Gasteiger partial charge in [-0.3, -0.25) is 9.59 Å². The quantitative estimate of drug-likeness (QED) is 0.682. The Labute approximate surface area is 153 Å². The number of nitrogens with one attached hydrogen (secondary N) is 2. The molecule has 0 bridgehead atoms. The van der Waals surface area contributed by atoms with Crippen LogP contribution in [0.15, 0.2) is 22.9 Å².